The van der Waals surface area contributed by atoms with E-state index < -0.39 is 17.1 Å². The molecule has 3 rings (SSSR count). The van der Waals surface area contributed by atoms with E-state index in [1.807, 2.05) is 6.07 Å². The molecule has 112 valence electrons. The Hall–Kier alpha value is -2.04. The van der Waals surface area contributed by atoms with E-state index in [1.54, 1.807) is 40.0 Å². The Morgan fingerprint density at radius 1 is 1.29 bits per heavy atom. The van der Waals surface area contributed by atoms with Crippen LogP contribution in [0.2, 0.25) is 0 Å². The van der Waals surface area contributed by atoms with Gasteiger partial charge in [0.2, 0.25) is 5.91 Å². The zero-order valence-electron chi connectivity index (χ0n) is 12.7. The third-order valence-corrected chi connectivity index (χ3v) is 3.88. The second kappa shape index (κ2) is 4.23. The van der Waals surface area contributed by atoms with Crippen molar-refractivity contribution in [3.8, 4) is 5.75 Å². The van der Waals surface area contributed by atoms with Gasteiger partial charge < -0.3 is 9.47 Å². The molecule has 1 aromatic rings. The summed E-state index contributed by atoms with van der Waals surface area (Å²) in [6.07, 6.45) is 0.877. The molecule has 0 atom stereocenters. The minimum absolute atomic E-state index is 0.198. The van der Waals surface area contributed by atoms with Crippen molar-refractivity contribution in [1.29, 1.82) is 0 Å². The molecular weight excluding hydrogens is 270 g/mol. The first-order valence-corrected chi connectivity index (χ1v) is 7.05. The van der Waals surface area contributed by atoms with Crippen LogP contribution in [0.3, 0.4) is 0 Å². The Labute approximate surface area is 123 Å². The molecule has 1 aliphatic carbocycles. The number of anilines is 1. The number of nitrogens with zero attached hydrogens (tertiary/aromatic N) is 1. The van der Waals surface area contributed by atoms with Crippen LogP contribution in [0.4, 0.5) is 10.5 Å². The minimum atomic E-state index is -0.643. The summed E-state index contributed by atoms with van der Waals surface area (Å²) >= 11 is 0. The number of fused-ring (bicyclic) bond motifs is 2. The van der Waals surface area contributed by atoms with Gasteiger partial charge in [0.25, 0.3) is 0 Å². The number of ether oxygens (including phenoxy) is 2. The Morgan fingerprint density at radius 2 is 1.95 bits per heavy atom. The van der Waals surface area contributed by atoms with Crippen LogP contribution in [0.25, 0.3) is 0 Å². The number of benzene rings is 1. The summed E-state index contributed by atoms with van der Waals surface area (Å²) in [7, 11) is 1.58. The van der Waals surface area contributed by atoms with Crippen LogP contribution < -0.4 is 9.64 Å². The van der Waals surface area contributed by atoms with Gasteiger partial charge in [-0.3, -0.25) is 4.79 Å². The van der Waals surface area contributed by atoms with E-state index in [0.717, 1.165) is 23.3 Å². The number of imide groups is 1. The summed E-state index contributed by atoms with van der Waals surface area (Å²) < 4.78 is 10.7. The smallest absolute Gasteiger partial charge is 0.421 e. The fraction of sp³-hybridized carbons (Fsp3) is 0.500. The van der Waals surface area contributed by atoms with Crippen LogP contribution >= 0.6 is 0 Å². The molecule has 1 aromatic carbocycles. The number of amides is 2. The monoisotopic (exact) mass is 289 g/mol. The van der Waals surface area contributed by atoms with Gasteiger partial charge >= 0.3 is 6.09 Å². The highest BCUT2D eigenvalue weighted by atomic mass is 16.6. The van der Waals surface area contributed by atoms with Crippen LogP contribution in [-0.4, -0.2) is 24.7 Å². The average Bonchev–Trinajstić information content (AvgIpc) is 3.12. The van der Waals surface area contributed by atoms with Gasteiger partial charge in [0.15, 0.2) is 0 Å². The van der Waals surface area contributed by atoms with Crippen LogP contribution in [0.15, 0.2) is 18.2 Å². The molecule has 1 aliphatic heterocycles. The van der Waals surface area contributed by atoms with Gasteiger partial charge in [-0.25, -0.2) is 9.69 Å². The number of carbonyl (C=O) groups is 2. The second-order valence-corrected chi connectivity index (χ2v) is 6.56. The van der Waals surface area contributed by atoms with Gasteiger partial charge in [-0.15, -0.1) is 0 Å². The lowest BCUT2D eigenvalue weighted by molar-refractivity contribution is -0.120. The molecule has 21 heavy (non-hydrogen) atoms. The number of carbonyl (C=O) groups excluding carboxylic acids is 2. The Kier molecular flexibility index (Phi) is 2.80. The Balaban J connectivity index is 2.06. The lowest BCUT2D eigenvalue weighted by Gasteiger charge is -2.24. The third kappa shape index (κ3) is 1.99. The fourth-order valence-electron chi connectivity index (χ4n) is 2.87. The van der Waals surface area contributed by atoms with Gasteiger partial charge in [0, 0.05) is 5.56 Å². The molecule has 0 saturated heterocycles. The van der Waals surface area contributed by atoms with Crippen molar-refractivity contribution in [2.75, 3.05) is 12.0 Å². The van der Waals surface area contributed by atoms with E-state index in [0.29, 0.717) is 11.4 Å². The van der Waals surface area contributed by atoms with Crippen LogP contribution in [0.5, 0.6) is 5.75 Å². The normalized spacial score (nSPS) is 18.7. The minimum Gasteiger partial charge on any atom is -0.496 e. The molecular formula is C16H19NO4. The van der Waals surface area contributed by atoms with E-state index >= 15 is 0 Å². The summed E-state index contributed by atoms with van der Waals surface area (Å²) in [5.41, 5.74) is 0.184. The van der Waals surface area contributed by atoms with E-state index in [9.17, 15) is 9.59 Å². The van der Waals surface area contributed by atoms with Gasteiger partial charge in [0.1, 0.15) is 11.4 Å². The highest BCUT2D eigenvalue weighted by Gasteiger charge is 2.62. The predicted molar refractivity (Wildman–Crippen MR) is 77.6 cm³/mol. The van der Waals surface area contributed by atoms with E-state index in [4.69, 9.17) is 9.47 Å². The quantitative estimate of drug-likeness (QED) is 0.797. The first-order valence-electron chi connectivity index (χ1n) is 7.05. The van der Waals surface area contributed by atoms with Crippen molar-refractivity contribution in [2.24, 2.45) is 0 Å². The summed E-state index contributed by atoms with van der Waals surface area (Å²) in [6.45, 7) is 5.35. The molecule has 0 bridgehead atoms. The van der Waals surface area contributed by atoms with Crippen molar-refractivity contribution >= 4 is 17.7 Å². The first-order chi connectivity index (χ1) is 9.80. The molecule has 5 heteroatoms. The van der Waals surface area contributed by atoms with Crippen molar-refractivity contribution in [3.63, 3.8) is 0 Å². The Morgan fingerprint density at radius 3 is 2.48 bits per heavy atom. The van der Waals surface area contributed by atoms with E-state index in [-0.39, 0.29) is 5.91 Å². The largest absolute Gasteiger partial charge is 0.496 e. The lowest BCUT2D eigenvalue weighted by atomic mass is 9.97. The predicted octanol–water partition coefficient (Wildman–Crippen LogP) is 3.01. The fourth-order valence-corrected chi connectivity index (χ4v) is 2.87. The average molecular weight is 289 g/mol. The molecule has 0 aromatic heterocycles. The second-order valence-electron chi connectivity index (χ2n) is 6.56. The topological polar surface area (TPSA) is 55.8 Å². The van der Waals surface area contributed by atoms with Gasteiger partial charge in [-0.2, -0.15) is 0 Å². The number of rotatable bonds is 1. The zero-order chi connectivity index (χ0) is 15.4. The van der Waals surface area contributed by atoms with E-state index in [2.05, 4.69) is 0 Å². The molecule has 1 fully saturated rings. The molecule has 1 heterocycles. The third-order valence-electron chi connectivity index (χ3n) is 3.88. The summed E-state index contributed by atoms with van der Waals surface area (Å²) in [4.78, 5) is 26.3. The molecule has 0 unspecified atom stereocenters. The van der Waals surface area contributed by atoms with Gasteiger partial charge in [-0.1, -0.05) is 6.07 Å². The summed E-state index contributed by atoms with van der Waals surface area (Å²) in [5, 5.41) is 0. The maximum absolute atomic E-state index is 12.7. The van der Waals surface area contributed by atoms with Crippen LogP contribution in [0.1, 0.15) is 39.2 Å². The van der Waals surface area contributed by atoms with Gasteiger partial charge in [0.05, 0.1) is 18.2 Å². The number of hydrogen-bond donors (Lipinski definition) is 0. The maximum atomic E-state index is 12.7. The highest BCUT2D eigenvalue weighted by molar-refractivity contribution is 6.22. The first kappa shape index (κ1) is 13.9. The molecule has 0 radical (unpaired) electrons. The van der Waals surface area contributed by atoms with Crippen LogP contribution in [0, 0.1) is 0 Å². The van der Waals surface area contributed by atoms with E-state index in [1.165, 1.54) is 0 Å². The van der Waals surface area contributed by atoms with Gasteiger partial charge in [-0.05, 0) is 45.7 Å². The molecule has 0 N–H and O–H groups in total. The van der Waals surface area contributed by atoms with Crippen molar-refractivity contribution in [1.82, 2.24) is 0 Å². The number of hydrogen-bond acceptors (Lipinski definition) is 4. The molecule has 2 aliphatic rings. The molecule has 1 saturated carbocycles. The maximum Gasteiger partial charge on any atom is 0.421 e. The van der Waals surface area contributed by atoms with Crippen molar-refractivity contribution < 1.29 is 19.1 Å². The SMILES string of the molecule is COc1cccc2c1C1(CC1)C(=O)N2C(=O)OC(C)(C)C. The number of methoxy groups -OCH3 is 1. The standard InChI is InChI=1S/C16H19NO4/c1-15(2,3)21-14(19)17-10-6-5-7-11(20-4)12(10)16(8-9-16)13(17)18/h5-7H,8-9H2,1-4H3. The highest BCUT2D eigenvalue weighted by Crippen LogP contribution is 2.60. The summed E-state index contributed by atoms with van der Waals surface area (Å²) in [6, 6.07) is 5.38. The zero-order valence-corrected chi connectivity index (χ0v) is 12.7. The molecule has 1 spiro atoms. The lowest BCUT2D eigenvalue weighted by Crippen LogP contribution is -2.41. The van der Waals surface area contributed by atoms with Crippen LogP contribution in [-0.2, 0) is 14.9 Å². The van der Waals surface area contributed by atoms with Crippen molar-refractivity contribution in [3.05, 3.63) is 23.8 Å². The molecule has 5 nitrogen and oxygen atoms in total. The van der Waals surface area contributed by atoms with Crippen molar-refractivity contribution in [2.45, 2.75) is 44.6 Å². The molecule has 2 amide bonds. The Bertz CT molecular complexity index is 626. The summed E-state index contributed by atoms with van der Waals surface area (Å²) in [5.74, 6) is 0.459.